The van der Waals surface area contributed by atoms with Gasteiger partial charge < -0.3 is 4.57 Å². The third kappa shape index (κ3) is 0.800. The molecular weight excluding hydrogens is 182 g/mol. The predicted octanol–water partition coefficient (Wildman–Crippen LogP) is 3.32. The van der Waals surface area contributed by atoms with Crippen molar-refractivity contribution in [2.75, 3.05) is 0 Å². The van der Waals surface area contributed by atoms with Gasteiger partial charge in [-0.3, -0.25) is 0 Å². The van der Waals surface area contributed by atoms with Crippen LogP contribution in [0.15, 0.2) is 36.5 Å². The number of rotatable bonds is 0. The molecule has 2 bridgehead atoms. The Balaban J connectivity index is 2.15. The minimum absolute atomic E-state index is 0.691. The molecule has 0 aliphatic heterocycles. The second kappa shape index (κ2) is 2.35. The summed E-state index contributed by atoms with van der Waals surface area (Å²) < 4.78 is 2.21. The topological polar surface area (TPSA) is 4.93 Å². The summed E-state index contributed by atoms with van der Waals surface area (Å²) in [6.45, 7) is 0. The number of aryl methyl sites for hydroxylation is 1. The first-order valence-electron chi connectivity index (χ1n) is 5.61. The van der Waals surface area contributed by atoms with Gasteiger partial charge in [0.05, 0.1) is 0 Å². The summed E-state index contributed by atoms with van der Waals surface area (Å²) in [5, 5.41) is 1.46. The molecule has 0 spiro atoms. The fraction of sp³-hybridized carbons (Fsp3) is 0.286. The Kier molecular flexibility index (Phi) is 1.22. The summed E-state index contributed by atoms with van der Waals surface area (Å²) in [6.07, 6.45) is 8.24. The molecule has 1 aromatic carbocycles. The zero-order chi connectivity index (χ0) is 9.99. The Morgan fingerprint density at radius 3 is 2.93 bits per heavy atom. The highest BCUT2D eigenvalue weighted by atomic mass is 14.9. The van der Waals surface area contributed by atoms with Gasteiger partial charge in [0.15, 0.2) is 0 Å². The molecule has 2 aliphatic rings. The van der Waals surface area contributed by atoms with Crippen molar-refractivity contribution in [3.63, 3.8) is 0 Å². The SMILES string of the molecule is Cn1ccc2c3c(ccc21)[C@@H]1C=C[C@H]3C1. The molecule has 1 heteroatoms. The van der Waals surface area contributed by atoms with Gasteiger partial charge >= 0.3 is 0 Å². The Morgan fingerprint density at radius 1 is 1.13 bits per heavy atom. The van der Waals surface area contributed by atoms with E-state index in [-0.39, 0.29) is 0 Å². The smallest absolute Gasteiger partial charge is 0.0480 e. The number of allylic oxidation sites excluding steroid dienone is 2. The maximum absolute atomic E-state index is 2.39. The van der Waals surface area contributed by atoms with Gasteiger partial charge in [0.25, 0.3) is 0 Å². The first-order valence-corrected chi connectivity index (χ1v) is 5.61. The summed E-state index contributed by atoms with van der Waals surface area (Å²) in [5.41, 5.74) is 4.54. The number of fused-ring (bicyclic) bond motifs is 7. The van der Waals surface area contributed by atoms with Crippen molar-refractivity contribution >= 4 is 10.9 Å². The minimum Gasteiger partial charge on any atom is -0.351 e. The molecule has 0 amide bonds. The molecule has 0 N–H and O–H groups in total. The number of hydrogen-bond donors (Lipinski definition) is 0. The van der Waals surface area contributed by atoms with E-state index >= 15 is 0 Å². The molecule has 0 radical (unpaired) electrons. The monoisotopic (exact) mass is 195 g/mol. The number of benzene rings is 1. The number of hydrogen-bond acceptors (Lipinski definition) is 0. The van der Waals surface area contributed by atoms with Crippen LogP contribution in [0.3, 0.4) is 0 Å². The van der Waals surface area contributed by atoms with Crippen LogP contribution in [0, 0.1) is 0 Å². The molecule has 15 heavy (non-hydrogen) atoms. The van der Waals surface area contributed by atoms with E-state index in [9.17, 15) is 0 Å². The van der Waals surface area contributed by atoms with Crippen molar-refractivity contribution in [1.29, 1.82) is 0 Å². The molecule has 4 rings (SSSR count). The second-order valence-electron chi connectivity index (χ2n) is 4.76. The molecule has 0 unspecified atom stereocenters. The van der Waals surface area contributed by atoms with Crippen LogP contribution < -0.4 is 0 Å². The Hall–Kier alpha value is -1.50. The zero-order valence-corrected chi connectivity index (χ0v) is 8.77. The average Bonchev–Trinajstić information content (AvgIpc) is 2.92. The molecule has 74 valence electrons. The Bertz CT molecular complexity index is 589. The average molecular weight is 195 g/mol. The van der Waals surface area contributed by atoms with Gasteiger partial charge in [-0.25, -0.2) is 0 Å². The lowest BCUT2D eigenvalue weighted by molar-refractivity contribution is 0.806. The normalized spacial score (nSPS) is 26.5. The molecule has 2 aliphatic carbocycles. The lowest BCUT2D eigenvalue weighted by Crippen LogP contribution is -1.94. The van der Waals surface area contributed by atoms with Gasteiger partial charge in [-0.05, 0) is 29.7 Å². The Morgan fingerprint density at radius 2 is 2.00 bits per heavy atom. The third-order valence-electron chi connectivity index (χ3n) is 4.00. The van der Waals surface area contributed by atoms with Crippen molar-refractivity contribution in [3.8, 4) is 0 Å². The molecular formula is C14H13N. The van der Waals surface area contributed by atoms with Gasteiger partial charge in [0.2, 0.25) is 0 Å². The summed E-state index contributed by atoms with van der Waals surface area (Å²) in [6, 6.07) is 6.86. The molecule has 0 fully saturated rings. The third-order valence-corrected chi connectivity index (χ3v) is 4.00. The molecule has 0 saturated heterocycles. The van der Waals surface area contributed by atoms with Crippen LogP contribution in [0.4, 0.5) is 0 Å². The van der Waals surface area contributed by atoms with E-state index in [1.54, 1.807) is 11.1 Å². The van der Waals surface area contributed by atoms with Gasteiger partial charge in [0, 0.05) is 36.0 Å². The largest absolute Gasteiger partial charge is 0.351 e. The van der Waals surface area contributed by atoms with Crippen LogP contribution in [0.5, 0.6) is 0 Å². The summed E-state index contributed by atoms with van der Waals surface area (Å²) in [7, 11) is 2.12. The highest BCUT2D eigenvalue weighted by molar-refractivity contribution is 5.87. The van der Waals surface area contributed by atoms with E-state index in [0.717, 1.165) is 0 Å². The van der Waals surface area contributed by atoms with E-state index in [1.807, 2.05) is 0 Å². The molecule has 1 nitrogen and oxygen atoms in total. The maximum Gasteiger partial charge on any atom is 0.0480 e. The van der Waals surface area contributed by atoms with Gasteiger partial charge in [-0.15, -0.1) is 0 Å². The van der Waals surface area contributed by atoms with E-state index in [2.05, 4.69) is 48.2 Å². The molecule has 2 aromatic rings. The van der Waals surface area contributed by atoms with Crippen LogP contribution in [0.2, 0.25) is 0 Å². The highest BCUT2D eigenvalue weighted by Gasteiger charge is 2.33. The zero-order valence-electron chi connectivity index (χ0n) is 8.77. The summed E-state index contributed by atoms with van der Waals surface area (Å²) in [5.74, 6) is 1.39. The fourth-order valence-electron chi connectivity index (χ4n) is 3.27. The summed E-state index contributed by atoms with van der Waals surface area (Å²) >= 11 is 0. The van der Waals surface area contributed by atoms with Crippen molar-refractivity contribution in [1.82, 2.24) is 4.57 Å². The van der Waals surface area contributed by atoms with Crippen molar-refractivity contribution in [2.24, 2.45) is 7.05 Å². The molecule has 0 saturated carbocycles. The number of aromatic nitrogens is 1. The van der Waals surface area contributed by atoms with E-state index < -0.39 is 0 Å². The predicted molar refractivity (Wildman–Crippen MR) is 62.2 cm³/mol. The number of nitrogens with zero attached hydrogens (tertiary/aromatic N) is 1. The van der Waals surface area contributed by atoms with Crippen molar-refractivity contribution in [3.05, 3.63) is 47.7 Å². The second-order valence-corrected chi connectivity index (χ2v) is 4.76. The van der Waals surface area contributed by atoms with Crippen LogP contribution in [0.25, 0.3) is 10.9 Å². The standard InChI is InChI=1S/C14H13N/c1-15-7-6-12-13(15)5-4-11-9-2-3-10(8-9)14(11)12/h2-7,9-10H,8H2,1H3/t9-,10+/m1/s1. The Labute approximate surface area is 89.0 Å². The lowest BCUT2D eigenvalue weighted by atomic mass is 9.94. The van der Waals surface area contributed by atoms with Crippen molar-refractivity contribution < 1.29 is 0 Å². The lowest BCUT2D eigenvalue weighted by Gasteiger charge is -2.11. The quantitative estimate of drug-likeness (QED) is 0.568. The van der Waals surface area contributed by atoms with Gasteiger partial charge in [0.1, 0.15) is 0 Å². The minimum atomic E-state index is 0.691. The van der Waals surface area contributed by atoms with E-state index in [1.165, 1.54) is 17.3 Å². The first-order chi connectivity index (χ1) is 7.34. The van der Waals surface area contributed by atoms with Gasteiger partial charge in [-0.1, -0.05) is 18.2 Å². The molecule has 2 atom stereocenters. The van der Waals surface area contributed by atoms with E-state index in [0.29, 0.717) is 11.8 Å². The van der Waals surface area contributed by atoms with Crippen LogP contribution >= 0.6 is 0 Å². The first kappa shape index (κ1) is 7.75. The summed E-state index contributed by atoms with van der Waals surface area (Å²) in [4.78, 5) is 0. The fourth-order valence-corrected chi connectivity index (χ4v) is 3.27. The highest BCUT2D eigenvalue weighted by Crippen LogP contribution is 2.50. The van der Waals surface area contributed by atoms with Gasteiger partial charge in [-0.2, -0.15) is 0 Å². The van der Waals surface area contributed by atoms with Crippen LogP contribution in [-0.2, 0) is 7.05 Å². The van der Waals surface area contributed by atoms with Crippen LogP contribution in [0.1, 0.15) is 29.4 Å². The van der Waals surface area contributed by atoms with E-state index in [4.69, 9.17) is 0 Å². The maximum atomic E-state index is 2.39. The van der Waals surface area contributed by atoms with Crippen molar-refractivity contribution in [2.45, 2.75) is 18.3 Å². The molecule has 1 heterocycles. The molecule has 1 aromatic heterocycles. The van der Waals surface area contributed by atoms with Crippen LogP contribution in [-0.4, -0.2) is 4.57 Å².